The van der Waals surface area contributed by atoms with Crippen LogP contribution < -0.4 is 0 Å². The maximum atomic E-state index is 12.5. The second-order valence-corrected chi connectivity index (χ2v) is 8.08. The standard InChI is InChI=1S/C14H14N2OS3/c1-18-14(9-15)3-5-16(6-4-14)13(17)12-8-11-10(20-12)2-7-19-11/h2,7-8H,3-6H2,1H3. The van der Waals surface area contributed by atoms with E-state index in [-0.39, 0.29) is 10.7 Å². The van der Waals surface area contributed by atoms with E-state index in [1.807, 2.05) is 17.2 Å². The molecule has 3 nitrogen and oxygen atoms in total. The van der Waals surface area contributed by atoms with E-state index in [9.17, 15) is 10.1 Å². The topological polar surface area (TPSA) is 44.1 Å². The van der Waals surface area contributed by atoms with Gasteiger partial charge in [0.1, 0.15) is 4.75 Å². The number of likely N-dealkylation sites (tertiary alicyclic amines) is 1. The van der Waals surface area contributed by atoms with E-state index in [0.29, 0.717) is 13.1 Å². The minimum Gasteiger partial charge on any atom is -0.338 e. The average Bonchev–Trinajstić information content (AvgIpc) is 3.08. The first kappa shape index (κ1) is 13.9. The maximum Gasteiger partial charge on any atom is 0.263 e. The summed E-state index contributed by atoms with van der Waals surface area (Å²) in [4.78, 5) is 15.2. The first-order valence-corrected chi connectivity index (χ1v) is 9.32. The SMILES string of the molecule is CSC1(C#N)CCN(C(=O)c2cc3sccc3s2)CC1. The van der Waals surface area contributed by atoms with Crippen LogP contribution in [0.3, 0.4) is 0 Å². The number of fused-ring (bicyclic) bond motifs is 1. The van der Waals surface area contributed by atoms with Gasteiger partial charge in [0.05, 0.1) is 10.9 Å². The van der Waals surface area contributed by atoms with E-state index in [1.54, 1.807) is 34.4 Å². The van der Waals surface area contributed by atoms with Gasteiger partial charge in [-0.1, -0.05) is 0 Å². The van der Waals surface area contributed by atoms with Gasteiger partial charge < -0.3 is 4.90 Å². The number of carbonyl (C=O) groups is 1. The highest BCUT2D eigenvalue weighted by Crippen LogP contribution is 2.35. The highest BCUT2D eigenvalue weighted by molar-refractivity contribution is 8.00. The Morgan fingerprint density at radius 2 is 2.20 bits per heavy atom. The van der Waals surface area contributed by atoms with Gasteiger partial charge in [-0.2, -0.15) is 5.26 Å². The van der Waals surface area contributed by atoms with Crippen LogP contribution in [0, 0.1) is 11.3 Å². The number of hydrogen-bond donors (Lipinski definition) is 0. The second-order valence-electron chi connectivity index (χ2n) is 4.86. The van der Waals surface area contributed by atoms with Crippen molar-refractivity contribution in [2.75, 3.05) is 19.3 Å². The molecule has 0 aliphatic carbocycles. The highest BCUT2D eigenvalue weighted by Gasteiger charge is 2.35. The van der Waals surface area contributed by atoms with Gasteiger partial charge in [0.15, 0.2) is 0 Å². The van der Waals surface area contributed by atoms with Crippen LogP contribution in [0.2, 0.25) is 0 Å². The number of nitrogens with zero attached hydrogens (tertiary/aromatic N) is 2. The number of piperidine rings is 1. The van der Waals surface area contributed by atoms with E-state index in [4.69, 9.17) is 0 Å². The number of thiophene rings is 2. The fraction of sp³-hybridized carbons (Fsp3) is 0.429. The minimum absolute atomic E-state index is 0.117. The van der Waals surface area contributed by atoms with E-state index in [1.165, 1.54) is 9.40 Å². The number of thioether (sulfide) groups is 1. The van der Waals surface area contributed by atoms with E-state index >= 15 is 0 Å². The van der Waals surface area contributed by atoms with Gasteiger partial charge >= 0.3 is 0 Å². The normalized spacial score (nSPS) is 18.1. The molecule has 0 aromatic carbocycles. The van der Waals surface area contributed by atoms with Gasteiger partial charge in [-0.3, -0.25) is 4.79 Å². The molecule has 2 aromatic rings. The molecule has 0 spiro atoms. The van der Waals surface area contributed by atoms with Crippen molar-refractivity contribution >= 4 is 49.7 Å². The number of hydrogen-bond acceptors (Lipinski definition) is 5. The summed E-state index contributed by atoms with van der Waals surface area (Å²) in [5.41, 5.74) is 0. The van der Waals surface area contributed by atoms with Crippen molar-refractivity contribution in [1.29, 1.82) is 5.26 Å². The van der Waals surface area contributed by atoms with Gasteiger partial charge in [-0.15, -0.1) is 34.4 Å². The van der Waals surface area contributed by atoms with Crippen LogP contribution in [0.1, 0.15) is 22.5 Å². The van der Waals surface area contributed by atoms with Crippen molar-refractivity contribution in [3.8, 4) is 6.07 Å². The molecule has 0 atom stereocenters. The lowest BCUT2D eigenvalue weighted by atomic mass is 9.97. The lowest BCUT2D eigenvalue weighted by Crippen LogP contribution is -2.44. The average molecular weight is 322 g/mol. The van der Waals surface area contributed by atoms with E-state index in [2.05, 4.69) is 17.5 Å². The molecule has 3 heterocycles. The lowest BCUT2D eigenvalue weighted by Gasteiger charge is -2.35. The van der Waals surface area contributed by atoms with Crippen molar-refractivity contribution in [1.82, 2.24) is 4.90 Å². The van der Waals surface area contributed by atoms with Crippen LogP contribution in [0.5, 0.6) is 0 Å². The summed E-state index contributed by atoms with van der Waals surface area (Å²) in [5, 5.41) is 11.3. The maximum absolute atomic E-state index is 12.5. The summed E-state index contributed by atoms with van der Waals surface area (Å²) in [6, 6.07) is 6.47. The minimum atomic E-state index is -0.299. The largest absolute Gasteiger partial charge is 0.338 e. The molecule has 3 rings (SSSR count). The number of nitriles is 1. The molecular weight excluding hydrogens is 308 g/mol. The predicted octanol–water partition coefficient (Wildman–Crippen LogP) is 3.82. The molecule has 0 N–H and O–H groups in total. The van der Waals surface area contributed by atoms with Gasteiger partial charge in [-0.05, 0) is 36.6 Å². The first-order valence-electron chi connectivity index (χ1n) is 6.40. The predicted molar refractivity (Wildman–Crippen MR) is 86.7 cm³/mol. The Morgan fingerprint density at radius 3 is 2.80 bits per heavy atom. The fourth-order valence-corrected chi connectivity index (χ4v) is 5.22. The molecule has 0 bridgehead atoms. The Balaban J connectivity index is 1.73. The molecule has 1 amide bonds. The van der Waals surface area contributed by atoms with Crippen LogP contribution in [0.25, 0.3) is 9.40 Å². The zero-order chi connectivity index (χ0) is 14.2. The summed E-state index contributed by atoms with van der Waals surface area (Å²) in [5.74, 6) is 0.117. The Bertz CT molecular complexity index is 645. The summed E-state index contributed by atoms with van der Waals surface area (Å²) in [6.07, 6.45) is 3.50. The van der Waals surface area contributed by atoms with Gasteiger partial charge in [0, 0.05) is 22.5 Å². The van der Waals surface area contributed by atoms with Gasteiger partial charge in [-0.25, -0.2) is 0 Å². The number of carbonyl (C=O) groups excluding carboxylic acids is 1. The Morgan fingerprint density at radius 1 is 1.45 bits per heavy atom. The smallest absolute Gasteiger partial charge is 0.263 e. The highest BCUT2D eigenvalue weighted by atomic mass is 32.2. The van der Waals surface area contributed by atoms with Gasteiger partial charge in [0.25, 0.3) is 5.91 Å². The van der Waals surface area contributed by atoms with Gasteiger partial charge in [0.2, 0.25) is 0 Å². The molecule has 0 saturated carbocycles. The fourth-order valence-electron chi connectivity index (χ4n) is 2.46. The molecular formula is C14H14N2OS3. The second kappa shape index (κ2) is 5.40. The molecule has 1 aliphatic rings. The zero-order valence-corrected chi connectivity index (χ0v) is 13.5. The molecule has 2 aromatic heterocycles. The van der Waals surface area contributed by atoms with Crippen molar-refractivity contribution in [2.24, 2.45) is 0 Å². The number of rotatable bonds is 2. The monoisotopic (exact) mass is 322 g/mol. The van der Waals surface area contributed by atoms with E-state index in [0.717, 1.165) is 17.7 Å². The van der Waals surface area contributed by atoms with Crippen LogP contribution in [0.4, 0.5) is 0 Å². The first-order chi connectivity index (χ1) is 9.67. The summed E-state index contributed by atoms with van der Waals surface area (Å²) in [7, 11) is 0. The lowest BCUT2D eigenvalue weighted by molar-refractivity contribution is 0.0721. The van der Waals surface area contributed by atoms with Crippen LogP contribution >= 0.6 is 34.4 Å². The summed E-state index contributed by atoms with van der Waals surface area (Å²) < 4.78 is 2.07. The van der Waals surface area contributed by atoms with Crippen molar-refractivity contribution in [2.45, 2.75) is 17.6 Å². The molecule has 0 unspecified atom stereocenters. The summed E-state index contributed by atoms with van der Waals surface area (Å²) in [6.45, 7) is 1.36. The van der Waals surface area contributed by atoms with Crippen molar-refractivity contribution in [3.05, 3.63) is 22.4 Å². The molecule has 1 saturated heterocycles. The zero-order valence-electron chi connectivity index (χ0n) is 11.1. The third kappa shape index (κ3) is 2.34. The van der Waals surface area contributed by atoms with Crippen molar-refractivity contribution < 1.29 is 4.79 Å². The quantitative estimate of drug-likeness (QED) is 0.844. The molecule has 1 fully saturated rings. The number of amides is 1. The van der Waals surface area contributed by atoms with Crippen LogP contribution in [-0.2, 0) is 0 Å². The Hall–Kier alpha value is -1.03. The molecule has 104 valence electrons. The molecule has 0 radical (unpaired) electrons. The summed E-state index contributed by atoms with van der Waals surface area (Å²) >= 11 is 4.85. The van der Waals surface area contributed by atoms with E-state index < -0.39 is 0 Å². The van der Waals surface area contributed by atoms with Crippen molar-refractivity contribution in [3.63, 3.8) is 0 Å². The Kier molecular flexibility index (Phi) is 3.76. The molecule has 20 heavy (non-hydrogen) atoms. The molecule has 6 heteroatoms. The molecule has 1 aliphatic heterocycles. The van der Waals surface area contributed by atoms with Crippen LogP contribution in [0.15, 0.2) is 17.5 Å². The Labute approximate surface area is 130 Å². The third-order valence-corrected chi connectivity index (χ3v) is 7.17. The van der Waals surface area contributed by atoms with Crippen LogP contribution in [-0.4, -0.2) is 34.9 Å². The third-order valence-electron chi connectivity index (χ3n) is 3.80.